The van der Waals surface area contributed by atoms with Gasteiger partial charge in [-0.1, -0.05) is 12.1 Å². The molecule has 7 heteroatoms. The minimum absolute atomic E-state index is 0.0171. The molecule has 0 bridgehead atoms. The van der Waals surface area contributed by atoms with Crippen molar-refractivity contribution in [2.75, 3.05) is 11.9 Å². The molecule has 0 fully saturated rings. The third-order valence-corrected chi connectivity index (χ3v) is 3.47. The molecule has 0 saturated heterocycles. The molecule has 124 valence electrons. The summed E-state index contributed by atoms with van der Waals surface area (Å²) in [6.45, 7) is 2.32. The molecule has 1 aromatic heterocycles. The molecule has 1 heterocycles. The van der Waals surface area contributed by atoms with Gasteiger partial charge >= 0.3 is 0 Å². The number of fused-ring (bicyclic) bond motifs is 1. The highest BCUT2D eigenvalue weighted by Crippen LogP contribution is 2.31. The van der Waals surface area contributed by atoms with Crippen molar-refractivity contribution in [1.82, 2.24) is 9.97 Å². The van der Waals surface area contributed by atoms with E-state index in [1.165, 1.54) is 0 Å². The van der Waals surface area contributed by atoms with Crippen LogP contribution in [0, 0.1) is 11.6 Å². The molecule has 24 heavy (non-hydrogen) atoms. The van der Waals surface area contributed by atoms with E-state index in [0.717, 1.165) is 11.5 Å². The topological polar surface area (TPSA) is 84.1 Å². The molecule has 0 radical (unpaired) electrons. The summed E-state index contributed by atoms with van der Waals surface area (Å²) in [5.41, 5.74) is 6.38. The van der Waals surface area contributed by atoms with Gasteiger partial charge in [0.2, 0.25) is 0 Å². The molecule has 3 rings (SSSR count). The van der Waals surface area contributed by atoms with Crippen molar-refractivity contribution in [3.63, 3.8) is 0 Å². The lowest BCUT2D eigenvalue weighted by Crippen LogP contribution is -2.25. The maximum atomic E-state index is 13.5. The average molecular weight is 330 g/mol. The molecule has 1 atom stereocenters. The van der Waals surface area contributed by atoms with E-state index < -0.39 is 17.4 Å². The lowest BCUT2D eigenvalue weighted by Gasteiger charge is -2.13. The molecule has 0 aliphatic carbocycles. The van der Waals surface area contributed by atoms with Crippen LogP contribution in [0.2, 0.25) is 0 Å². The highest BCUT2D eigenvalue weighted by molar-refractivity contribution is 5.90. The minimum atomic E-state index is -1.13. The number of rotatable bonds is 4. The van der Waals surface area contributed by atoms with Crippen LogP contribution in [-0.2, 0) is 0 Å². The molecule has 1 unspecified atom stereocenters. The molecule has 0 spiro atoms. The van der Waals surface area contributed by atoms with E-state index in [2.05, 4.69) is 15.3 Å². The number of nitrogens with one attached hydrogen (secondary N) is 1. The van der Waals surface area contributed by atoms with Crippen LogP contribution in [0.5, 0.6) is 5.75 Å². The Morgan fingerprint density at radius 1 is 1.17 bits per heavy atom. The van der Waals surface area contributed by atoms with E-state index in [4.69, 9.17) is 5.73 Å². The molecule has 0 saturated carbocycles. The maximum absolute atomic E-state index is 13.5. The molecule has 4 N–H and O–H groups in total. The van der Waals surface area contributed by atoms with Crippen molar-refractivity contribution in [1.29, 1.82) is 0 Å². The number of anilines is 1. The maximum Gasteiger partial charge on any atom is 0.165 e. The number of aromatic nitrogens is 2. The highest BCUT2D eigenvalue weighted by atomic mass is 19.2. The van der Waals surface area contributed by atoms with Gasteiger partial charge in [0.05, 0.1) is 11.1 Å². The second-order valence-electron chi connectivity index (χ2n) is 5.55. The van der Waals surface area contributed by atoms with Gasteiger partial charge in [0.1, 0.15) is 11.6 Å². The van der Waals surface area contributed by atoms with Gasteiger partial charge in [0, 0.05) is 24.0 Å². The number of halogens is 2. The first-order valence-electron chi connectivity index (χ1n) is 7.40. The van der Waals surface area contributed by atoms with E-state index >= 15 is 0 Å². The Hall–Kier alpha value is -2.80. The summed E-state index contributed by atoms with van der Waals surface area (Å²) < 4.78 is 26.8. The van der Waals surface area contributed by atoms with Gasteiger partial charge in [-0.25, -0.2) is 18.7 Å². The van der Waals surface area contributed by atoms with Crippen LogP contribution in [0.15, 0.2) is 36.4 Å². The van der Waals surface area contributed by atoms with Gasteiger partial charge in [-0.3, -0.25) is 0 Å². The molecule has 0 amide bonds. The summed E-state index contributed by atoms with van der Waals surface area (Å²) in [6, 6.07) is 8.75. The average Bonchev–Trinajstić information content (AvgIpc) is 2.55. The van der Waals surface area contributed by atoms with Crippen LogP contribution >= 0.6 is 0 Å². The fourth-order valence-electron chi connectivity index (χ4n) is 2.30. The van der Waals surface area contributed by atoms with Gasteiger partial charge in [-0.15, -0.1) is 0 Å². The van der Waals surface area contributed by atoms with E-state index in [-0.39, 0.29) is 17.4 Å². The highest BCUT2D eigenvalue weighted by Gasteiger charge is 2.16. The van der Waals surface area contributed by atoms with Crippen LogP contribution in [-0.4, -0.2) is 27.7 Å². The Morgan fingerprint density at radius 3 is 2.62 bits per heavy atom. The fourth-order valence-corrected chi connectivity index (χ4v) is 2.30. The number of phenols is 1. The van der Waals surface area contributed by atoms with Crippen molar-refractivity contribution < 1.29 is 13.9 Å². The molecule has 5 nitrogen and oxygen atoms in total. The van der Waals surface area contributed by atoms with E-state index in [9.17, 15) is 13.9 Å². The van der Waals surface area contributed by atoms with Crippen LogP contribution in [0.3, 0.4) is 0 Å². The number of aromatic hydroxyl groups is 1. The predicted octanol–water partition coefficient (Wildman–Crippen LogP) is 3.04. The standard InChI is InChI=1S/C17H16F2N4O/c1-9(20)8-21-16-10-4-2-3-5-14(10)22-17(23-16)11-6-12(18)13(19)7-15(11)24/h2-7,9,24H,8,20H2,1H3,(H,21,22,23). The Bertz CT molecular complexity index is 899. The van der Waals surface area contributed by atoms with E-state index in [1.807, 2.05) is 19.1 Å². The number of hydrogen-bond donors (Lipinski definition) is 3. The zero-order valence-corrected chi connectivity index (χ0v) is 12.9. The number of benzene rings is 2. The minimum Gasteiger partial charge on any atom is -0.507 e. The van der Waals surface area contributed by atoms with E-state index in [1.54, 1.807) is 12.1 Å². The van der Waals surface area contributed by atoms with Crippen LogP contribution in [0.4, 0.5) is 14.6 Å². The van der Waals surface area contributed by atoms with Crippen molar-refractivity contribution in [3.05, 3.63) is 48.0 Å². The first kappa shape index (κ1) is 16.1. The lowest BCUT2D eigenvalue weighted by molar-refractivity contribution is 0.456. The number of para-hydroxylation sites is 1. The predicted molar refractivity (Wildman–Crippen MR) is 88.7 cm³/mol. The summed E-state index contributed by atoms with van der Waals surface area (Å²) >= 11 is 0. The SMILES string of the molecule is CC(N)CNc1nc(-c2cc(F)c(F)cc2O)nc2ccccc12. The van der Waals surface area contributed by atoms with Gasteiger partial charge in [-0.2, -0.15) is 0 Å². The first-order valence-corrected chi connectivity index (χ1v) is 7.40. The number of hydrogen-bond acceptors (Lipinski definition) is 5. The lowest BCUT2D eigenvalue weighted by atomic mass is 10.1. The van der Waals surface area contributed by atoms with Crippen LogP contribution in [0.1, 0.15) is 6.92 Å². The summed E-state index contributed by atoms with van der Waals surface area (Å²) in [5, 5.41) is 13.8. The Balaban J connectivity index is 2.17. The fraction of sp³-hybridized carbons (Fsp3) is 0.176. The van der Waals surface area contributed by atoms with E-state index in [0.29, 0.717) is 23.9 Å². The second-order valence-corrected chi connectivity index (χ2v) is 5.55. The Kier molecular flexibility index (Phi) is 4.26. The van der Waals surface area contributed by atoms with Crippen molar-refractivity contribution >= 4 is 16.7 Å². The summed E-state index contributed by atoms with van der Waals surface area (Å²) in [7, 11) is 0. The summed E-state index contributed by atoms with van der Waals surface area (Å²) in [4.78, 5) is 8.68. The van der Waals surface area contributed by atoms with Gasteiger partial charge < -0.3 is 16.2 Å². The monoisotopic (exact) mass is 330 g/mol. The van der Waals surface area contributed by atoms with Crippen molar-refractivity contribution in [2.45, 2.75) is 13.0 Å². The molecule has 2 aromatic carbocycles. The molecular weight excluding hydrogens is 314 g/mol. The zero-order valence-electron chi connectivity index (χ0n) is 12.9. The van der Waals surface area contributed by atoms with Crippen molar-refractivity contribution in [3.8, 4) is 17.1 Å². The van der Waals surface area contributed by atoms with Gasteiger partial charge in [-0.05, 0) is 25.1 Å². The first-order chi connectivity index (χ1) is 11.5. The van der Waals surface area contributed by atoms with Crippen LogP contribution in [0.25, 0.3) is 22.3 Å². The van der Waals surface area contributed by atoms with Crippen LogP contribution < -0.4 is 11.1 Å². The molecular formula is C17H16F2N4O. The third kappa shape index (κ3) is 3.11. The molecule has 0 aliphatic rings. The smallest absolute Gasteiger partial charge is 0.165 e. The summed E-state index contributed by atoms with van der Waals surface area (Å²) in [6.07, 6.45) is 0. The largest absolute Gasteiger partial charge is 0.507 e. The van der Waals surface area contributed by atoms with Gasteiger partial charge in [0.15, 0.2) is 17.5 Å². The number of nitrogens with zero attached hydrogens (tertiary/aromatic N) is 2. The second kappa shape index (κ2) is 6.37. The molecule has 3 aromatic rings. The zero-order chi connectivity index (χ0) is 17.3. The number of phenolic OH excluding ortho intramolecular Hbond substituents is 1. The quantitative estimate of drug-likeness (QED) is 0.685. The van der Waals surface area contributed by atoms with Gasteiger partial charge in [0.25, 0.3) is 0 Å². The summed E-state index contributed by atoms with van der Waals surface area (Å²) in [5.74, 6) is -2.03. The van der Waals surface area contributed by atoms with Crippen molar-refractivity contribution in [2.24, 2.45) is 5.73 Å². The number of nitrogens with two attached hydrogens (primary N) is 1. The molecule has 0 aliphatic heterocycles. The third-order valence-electron chi connectivity index (χ3n) is 3.47. The normalized spacial score (nSPS) is 12.3. The Morgan fingerprint density at radius 2 is 1.88 bits per heavy atom. The Labute approximate surface area is 137 Å².